The van der Waals surface area contributed by atoms with E-state index in [0.29, 0.717) is 28.8 Å². The number of amides is 3. The average molecular weight is 614 g/mol. The van der Waals surface area contributed by atoms with E-state index in [9.17, 15) is 14.7 Å². The first-order valence-electron chi connectivity index (χ1n) is 15.0. The van der Waals surface area contributed by atoms with E-state index in [1.165, 1.54) is 28.7 Å². The number of imidazole rings is 1. The van der Waals surface area contributed by atoms with Gasteiger partial charge in [-0.2, -0.15) is 0 Å². The van der Waals surface area contributed by atoms with E-state index in [2.05, 4.69) is 23.7 Å². The normalized spacial score (nSPS) is 21.4. The summed E-state index contributed by atoms with van der Waals surface area (Å²) in [4.78, 5) is 38.2. The number of benzene rings is 2. The Balaban J connectivity index is 1.19. The Kier molecular flexibility index (Phi) is 6.84. The van der Waals surface area contributed by atoms with Crippen LogP contribution in [0.15, 0.2) is 73.4 Å². The molecule has 10 nitrogen and oxygen atoms in total. The zero-order chi connectivity index (χ0) is 31.5. The van der Waals surface area contributed by atoms with Crippen LogP contribution in [-0.2, 0) is 10.4 Å². The maximum absolute atomic E-state index is 15.5. The predicted octanol–water partition coefficient (Wildman–Crippen LogP) is 4.14. The summed E-state index contributed by atoms with van der Waals surface area (Å²) < 4.78 is 33.0. The summed E-state index contributed by atoms with van der Waals surface area (Å²) in [6, 6.07) is 15.5. The van der Waals surface area contributed by atoms with Gasteiger partial charge in [0.15, 0.2) is 5.60 Å². The lowest BCUT2D eigenvalue weighted by Crippen LogP contribution is -2.53. The number of aromatic nitrogens is 3. The van der Waals surface area contributed by atoms with Crippen molar-refractivity contribution in [2.75, 3.05) is 45.0 Å². The number of likely N-dealkylation sites (tertiary alicyclic amines) is 1. The van der Waals surface area contributed by atoms with Crippen LogP contribution in [0.25, 0.3) is 28.1 Å². The Bertz CT molecular complexity index is 1810. The predicted molar refractivity (Wildman–Crippen MR) is 165 cm³/mol. The zero-order valence-corrected chi connectivity index (χ0v) is 24.6. The van der Waals surface area contributed by atoms with Crippen LogP contribution in [0.2, 0.25) is 0 Å². The smallest absolute Gasteiger partial charge is 0.320 e. The molecule has 2 aliphatic heterocycles. The third-order valence-electron chi connectivity index (χ3n) is 9.13. The van der Waals surface area contributed by atoms with Gasteiger partial charge in [-0.05, 0) is 72.4 Å². The van der Waals surface area contributed by atoms with Crippen LogP contribution in [0.1, 0.15) is 29.9 Å². The van der Waals surface area contributed by atoms with Gasteiger partial charge in [-0.15, -0.1) is 0 Å². The number of hydrogen-bond acceptors (Lipinski definition) is 6. The molecule has 2 aromatic carbocycles. The van der Waals surface area contributed by atoms with Gasteiger partial charge in [-0.1, -0.05) is 24.8 Å². The number of alkyl halides is 2. The van der Waals surface area contributed by atoms with E-state index in [1.807, 2.05) is 16.7 Å². The lowest BCUT2D eigenvalue weighted by molar-refractivity contribution is -0.151. The highest BCUT2D eigenvalue weighted by atomic mass is 19.3. The molecule has 45 heavy (non-hydrogen) atoms. The number of carbonyl (C=O) groups excluding carboxylic acids is 2. The number of pyridine rings is 1. The van der Waals surface area contributed by atoms with E-state index in [0.717, 1.165) is 28.8 Å². The van der Waals surface area contributed by atoms with Gasteiger partial charge in [0.1, 0.15) is 11.6 Å². The Morgan fingerprint density at radius 2 is 1.69 bits per heavy atom. The van der Waals surface area contributed by atoms with Crippen molar-refractivity contribution in [3.8, 4) is 17.1 Å². The number of halogens is 2. The molecule has 7 rings (SSSR count). The summed E-state index contributed by atoms with van der Waals surface area (Å²) in [5, 5.41) is 11.5. The monoisotopic (exact) mass is 613 g/mol. The minimum atomic E-state index is -3.60. The lowest BCUT2D eigenvalue weighted by Gasteiger charge is -2.36. The van der Waals surface area contributed by atoms with Gasteiger partial charge in [0, 0.05) is 38.1 Å². The third-order valence-corrected chi connectivity index (χ3v) is 9.13. The van der Waals surface area contributed by atoms with Crippen LogP contribution in [0.4, 0.5) is 19.4 Å². The van der Waals surface area contributed by atoms with E-state index in [-0.39, 0.29) is 37.6 Å². The van der Waals surface area contributed by atoms with Gasteiger partial charge in [-0.25, -0.2) is 23.5 Å². The molecule has 0 bridgehead atoms. The molecule has 2 aromatic heterocycles. The maximum Gasteiger partial charge on any atom is 0.320 e. The Hall–Kier alpha value is -4.84. The second-order valence-electron chi connectivity index (χ2n) is 12.0. The second kappa shape index (κ2) is 10.7. The van der Waals surface area contributed by atoms with Crippen LogP contribution >= 0.6 is 0 Å². The highest BCUT2D eigenvalue weighted by molar-refractivity contribution is 5.87. The topological polar surface area (TPSA) is 121 Å². The van der Waals surface area contributed by atoms with Gasteiger partial charge in [0.05, 0.1) is 29.7 Å². The molecule has 12 heteroatoms. The number of aliphatic hydroxyl groups is 1. The fourth-order valence-corrected chi connectivity index (χ4v) is 6.40. The number of urea groups is 1. The van der Waals surface area contributed by atoms with Crippen LogP contribution < -0.4 is 5.73 Å². The molecule has 3 amide bonds. The van der Waals surface area contributed by atoms with Crippen LogP contribution in [0, 0.1) is 0 Å². The summed E-state index contributed by atoms with van der Waals surface area (Å²) in [6.07, 6.45) is 5.08. The Labute approximate surface area is 258 Å². The first-order chi connectivity index (χ1) is 21.6. The highest BCUT2D eigenvalue weighted by Gasteiger charge is 2.62. The molecule has 1 unspecified atom stereocenters. The van der Waals surface area contributed by atoms with E-state index < -0.39 is 30.6 Å². The molecule has 1 saturated carbocycles. The molecule has 3 aliphatic rings. The fraction of sp³-hybridized carbons (Fsp3) is 0.333. The SMILES string of the molecule is C=CC(=O)N1CCN(C(=O)N2CC(F)(F)C(O)(c3ccc(-n4c(-c5cccnc5N)nc5ccc(C6CC6)cc54)cc3)C2)CC1. The van der Waals surface area contributed by atoms with Gasteiger partial charge >= 0.3 is 6.03 Å². The van der Waals surface area contributed by atoms with Crippen LogP contribution in [0.3, 0.4) is 0 Å². The molecule has 232 valence electrons. The molecule has 3 N–H and O–H groups in total. The number of nitrogens with zero attached hydrogens (tertiary/aromatic N) is 6. The molecular weight excluding hydrogens is 580 g/mol. The van der Waals surface area contributed by atoms with E-state index in [1.54, 1.807) is 29.3 Å². The number of anilines is 1. The molecule has 1 aliphatic carbocycles. The standard InChI is InChI=1S/C33H33F2N7O3/c1-2-28(43)39-14-16-40(17-15-39)31(44)41-19-32(45,33(34,35)20-41)23-8-10-24(11-9-23)42-27-18-22(21-5-6-21)7-12-26(27)38-30(42)25-4-3-13-37-29(25)36/h2-4,7-13,18,21,45H,1,5-6,14-17,19-20H2,(H2,36,37). The van der Waals surface area contributed by atoms with E-state index in [4.69, 9.17) is 10.7 Å². The second-order valence-corrected chi connectivity index (χ2v) is 12.0. The average Bonchev–Trinajstić information content (AvgIpc) is 3.78. The number of rotatable bonds is 5. The number of nitrogen functional groups attached to an aromatic ring is 1. The number of piperazine rings is 1. The van der Waals surface area contributed by atoms with Gasteiger partial charge in [0.2, 0.25) is 5.91 Å². The van der Waals surface area contributed by atoms with Gasteiger partial charge in [0.25, 0.3) is 5.92 Å². The number of fused-ring (bicyclic) bond motifs is 1. The molecule has 0 radical (unpaired) electrons. The number of β-amino-alcohol motifs (C(OH)–C–C–N with tert-alkyl or cyclic N) is 1. The molecule has 2 saturated heterocycles. The Morgan fingerprint density at radius 3 is 2.36 bits per heavy atom. The molecule has 3 fully saturated rings. The summed E-state index contributed by atoms with van der Waals surface area (Å²) >= 11 is 0. The van der Waals surface area contributed by atoms with Crippen molar-refractivity contribution in [2.24, 2.45) is 0 Å². The van der Waals surface area contributed by atoms with Crippen molar-refractivity contribution in [2.45, 2.75) is 30.3 Å². The van der Waals surface area contributed by atoms with E-state index >= 15 is 8.78 Å². The lowest BCUT2D eigenvalue weighted by atomic mass is 9.90. The molecule has 4 heterocycles. The fourth-order valence-electron chi connectivity index (χ4n) is 6.40. The molecule has 0 spiro atoms. The first kappa shape index (κ1) is 28.9. The minimum Gasteiger partial charge on any atom is -0.383 e. The van der Waals surface area contributed by atoms with Gasteiger partial charge in [-0.3, -0.25) is 9.36 Å². The zero-order valence-electron chi connectivity index (χ0n) is 24.6. The largest absolute Gasteiger partial charge is 0.383 e. The highest BCUT2D eigenvalue weighted by Crippen LogP contribution is 2.45. The van der Waals surface area contributed by atoms with Crippen LogP contribution in [0.5, 0.6) is 0 Å². The summed E-state index contributed by atoms with van der Waals surface area (Å²) in [5.74, 6) is -2.45. The molecular formula is C33H33F2N7O3. The van der Waals surface area contributed by atoms with Crippen molar-refractivity contribution in [1.82, 2.24) is 29.2 Å². The van der Waals surface area contributed by atoms with Gasteiger partial charge < -0.3 is 25.5 Å². The summed E-state index contributed by atoms with van der Waals surface area (Å²) in [6.45, 7) is 2.97. The van der Waals surface area contributed by atoms with Crippen molar-refractivity contribution < 1.29 is 23.5 Å². The quantitative estimate of drug-likeness (QED) is 0.327. The first-order valence-corrected chi connectivity index (χ1v) is 15.0. The number of carbonyl (C=O) groups is 2. The summed E-state index contributed by atoms with van der Waals surface area (Å²) in [7, 11) is 0. The van der Waals surface area contributed by atoms with Crippen molar-refractivity contribution in [3.05, 3.63) is 84.6 Å². The summed E-state index contributed by atoms with van der Waals surface area (Å²) in [5.41, 5.74) is 7.76. The Morgan fingerprint density at radius 1 is 0.978 bits per heavy atom. The third kappa shape index (κ3) is 4.89. The van der Waals surface area contributed by atoms with Crippen molar-refractivity contribution >= 4 is 28.8 Å². The number of nitrogens with two attached hydrogens (primary N) is 1. The molecule has 4 aromatic rings. The maximum atomic E-state index is 15.5. The van der Waals surface area contributed by atoms with Crippen LogP contribution in [-0.4, -0.2) is 91.5 Å². The minimum absolute atomic E-state index is 0.00141. The molecule has 1 atom stereocenters. The van der Waals surface area contributed by atoms with Crippen molar-refractivity contribution in [1.29, 1.82) is 0 Å². The van der Waals surface area contributed by atoms with Crippen molar-refractivity contribution in [3.63, 3.8) is 0 Å². The number of hydrogen-bond donors (Lipinski definition) is 2.